The first-order valence-corrected chi connectivity index (χ1v) is 14.2. The summed E-state index contributed by atoms with van der Waals surface area (Å²) in [6, 6.07) is 2.15. The molecule has 6 nitrogen and oxygen atoms in total. The van der Waals surface area contributed by atoms with Crippen LogP contribution >= 0.6 is 0 Å². The molecule has 1 aromatic carbocycles. The molecule has 0 bridgehead atoms. The number of carbonyl (C=O) groups is 1. The zero-order chi connectivity index (χ0) is 33.3. The van der Waals surface area contributed by atoms with Gasteiger partial charge in [-0.05, 0) is 92.8 Å². The summed E-state index contributed by atoms with van der Waals surface area (Å²) in [5.41, 5.74) is -0.938. The van der Waals surface area contributed by atoms with E-state index in [4.69, 9.17) is 9.47 Å². The summed E-state index contributed by atoms with van der Waals surface area (Å²) >= 11 is 0. The highest BCUT2D eigenvalue weighted by molar-refractivity contribution is 5.77. The van der Waals surface area contributed by atoms with Crippen LogP contribution in [0.25, 0.3) is 5.57 Å². The van der Waals surface area contributed by atoms with Crippen molar-refractivity contribution in [2.24, 2.45) is 10.8 Å². The van der Waals surface area contributed by atoms with Crippen LogP contribution in [0.5, 0.6) is 5.88 Å². The Hall–Kier alpha value is -3.12. The number of hydrogen-bond acceptors (Lipinski definition) is 6. The second kappa shape index (κ2) is 13.1. The number of pyridine rings is 1. The average molecular weight is 631 g/mol. The minimum Gasteiger partial charge on any atom is -0.481 e. The number of nitrogens with one attached hydrogen (secondary N) is 1. The molecule has 0 saturated heterocycles. The molecular weight excluding hydrogens is 590 g/mol. The van der Waals surface area contributed by atoms with Crippen molar-refractivity contribution in [1.29, 1.82) is 0 Å². The largest absolute Gasteiger partial charge is 0.481 e. The highest BCUT2D eigenvalue weighted by atomic mass is 19.4. The van der Waals surface area contributed by atoms with Gasteiger partial charge in [-0.3, -0.25) is 4.79 Å². The Morgan fingerprint density at radius 2 is 1.64 bits per heavy atom. The maximum absolute atomic E-state index is 13.4. The van der Waals surface area contributed by atoms with Crippen molar-refractivity contribution < 1.29 is 45.7 Å². The van der Waals surface area contributed by atoms with Crippen molar-refractivity contribution in [2.75, 3.05) is 20.8 Å². The molecule has 44 heavy (non-hydrogen) atoms. The Balaban J connectivity index is 1.96. The lowest BCUT2D eigenvalue weighted by Gasteiger charge is -2.35. The number of rotatable bonds is 10. The van der Waals surface area contributed by atoms with Crippen molar-refractivity contribution in [1.82, 2.24) is 10.3 Å². The average Bonchev–Trinajstić information content (AvgIpc) is 2.93. The topological polar surface area (TPSA) is 80.7 Å². The lowest BCUT2D eigenvalue weighted by molar-refractivity contribution is -0.150. The summed E-state index contributed by atoms with van der Waals surface area (Å²) in [6.45, 7) is 9.47. The smallest absolute Gasteiger partial charge is 0.416 e. The summed E-state index contributed by atoms with van der Waals surface area (Å²) in [4.78, 5) is 16.8. The lowest BCUT2D eigenvalue weighted by atomic mass is 9.72. The first kappa shape index (κ1) is 35.4. The Morgan fingerprint density at radius 1 is 1.05 bits per heavy atom. The van der Waals surface area contributed by atoms with E-state index in [9.17, 15) is 36.2 Å². The molecule has 0 radical (unpaired) electrons. The molecule has 0 aliphatic heterocycles. The molecule has 0 fully saturated rings. The van der Waals surface area contributed by atoms with E-state index in [1.165, 1.54) is 21.1 Å². The molecule has 2 atom stereocenters. The number of hydrogen-bond donors (Lipinski definition) is 2. The van der Waals surface area contributed by atoms with Gasteiger partial charge in [0.1, 0.15) is 0 Å². The second-order valence-corrected chi connectivity index (χ2v) is 12.8. The molecular formula is C32H40F6N2O4. The van der Waals surface area contributed by atoms with Gasteiger partial charge in [0.15, 0.2) is 0 Å². The number of carbonyl (C=O) groups excluding carboxylic acids is 1. The molecule has 1 aromatic heterocycles. The third-order valence-electron chi connectivity index (χ3n) is 8.04. The number of aliphatic hydroxyl groups is 1. The van der Waals surface area contributed by atoms with E-state index >= 15 is 0 Å². The molecule has 2 N–H and O–H groups in total. The molecule has 244 valence electrons. The van der Waals surface area contributed by atoms with Gasteiger partial charge in [0, 0.05) is 24.3 Å². The van der Waals surface area contributed by atoms with Crippen LogP contribution < -0.4 is 10.1 Å². The van der Waals surface area contributed by atoms with Gasteiger partial charge < -0.3 is 19.9 Å². The van der Waals surface area contributed by atoms with Crippen LogP contribution in [0.1, 0.15) is 87.8 Å². The lowest BCUT2D eigenvalue weighted by Crippen LogP contribution is -2.35. The second-order valence-electron chi connectivity index (χ2n) is 12.8. The van der Waals surface area contributed by atoms with E-state index in [0.717, 1.165) is 28.7 Å². The molecule has 2 unspecified atom stereocenters. The minimum absolute atomic E-state index is 0.0390. The van der Waals surface area contributed by atoms with Gasteiger partial charge in [-0.25, -0.2) is 4.98 Å². The quantitative estimate of drug-likeness (QED) is 0.209. The summed E-state index contributed by atoms with van der Waals surface area (Å²) in [6.07, 6.45) is -7.56. The van der Waals surface area contributed by atoms with Crippen molar-refractivity contribution in [3.05, 3.63) is 63.9 Å². The third kappa shape index (κ3) is 8.53. The Labute approximate surface area is 253 Å². The number of aromatic nitrogens is 1. The molecule has 0 spiro atoms. The highest BCUT2D eigenvalue weighted by Crippen LogP contribution is 2.44. The SMILES string of the molecule is COC(=O)C(C)(C)Cc1cnc(OC)c(C2=C(CNC(C)C(O)c3cc(C(F)(F)F)cc(C(F)(F)F)c3)CC(C)(C)CC2)c1. The van der Waals surface area contributed by atoms with Crippen LogP contribution in [0.3, 0.4) is 0 Å². The van der Waals surface area contributed by atoms with E-state index in [1.807, 2.05) is 6.07 Å². The monoisotopic (exact) mass is 630 g/mol. The molecule has 1 aliphatic rings. The van der Waals surface area contributed by atoms with Gasteiger partial charge in [0.05, 0.1) is 36.9 Å². The molecule has 2 aromatic rings. The molecule has 12 heteroatoms. The zero-order valence-electron chi connectivity index (χ0n) is 26.0. The maximum atomic E-state index is 13.4. The summed E-state index contributed by atoms with van der Waals surface area (Å²) < 4.78 is 90.9. The van der Waals surface area contributed by atoms with Gasteiger partial charge in [0.25, 0.3) is 0 Å². The van der Waals surface area contributed by atoms with Gasteiger partial charge in [-0.2, -0.15) is 26.3 Å². The van der Waals surface area contributed by atoms with Gasteiger partial charge in [0.2, 0.25) is 5.88 Å². The molecule has 1 aliphatic carbocycles. The predicted molar refractivity (Wildman–Crippen MR) is 154 cm³/mol. The van der Waals surface area contributed by atoms with E-state index < -0.39 is 46.6 Å². The normalized spacial score (nSPS) is 17.3. The highest BCUT2D eigenvalue weighted by Gasteiger charge is 2.38. The Kier molecular flexibility index (Phi) is 10.5. The van der Waals surface area contributed by atoms with Crippen LogP contribution in [0.15, 0.2) is 36.0 Å². The van der Waals surface area contributed by atoms with Crippen LogP contribution in [0, 0.1) is 10.8 Å². The fraction of sp³-hybridized carbons (Fsp3) is 0.562. The number of esters is 1. The van der Waals surface area contributed by atoms with Gasteiger partial charge >= 0.3 is 18.3 Å². The van der Waals surface area contributed by atoms with E-state index in [0.29, 0.717) is 37.3 Å². The summed E-state index contributed by atoms with van der Waals surface area (Å²) in [5, 5.41) is 14.0. The number of allylic oxidation sites excluding steroid dienone is 1. The number of methoxy groups -OCH3 is 2. The summed E-state index contributed by atoms with van der Waals surface area (Å²) in [5.74, 6) is 0.0163. The maximum Gasteiger partial charge on any atom is 0.416 e. The van der Waals surface area contributed by atoms with Crippen LogP contribution in [0.2, 0.25) is 0 Å². The fourth-order valence-corrected chi connectivity index (χ4v) is 5.57. The number of alkyl halides is 6. The van der Waals surface area contributed by atoms with E-state index in [1.54, 1.807) is 20.0 Å². The number of halogens is 6. The summed E-state index contributed by atoms with van der Waals surface area (Å²) in [7, 11) is 2.83. The molecule has 0 amide bonds. The third-order valence-corrected chi connectivity index (χ3v) is 8.04. The van der Waals surface area contributed by atoms with Gasteiger partial charge in [-0.1, -0.05) is 19.4 Å². The number of aliphatic hydroxyl groups excluding tert-OH is 1. The molecule has 3 rings (SSSR count). The fourth-order valence-electron chi connectivity index (χ4n) is 5.57. The van der Waals surface area contributed by atoms with Crippen molar-refractivity contribution in [2.45, 2.75) is 84.8 Å². The first-order chi connectivity index (χ1) is 20.2. The predicted octanol–water partition coefficient (Wildman–Crippen LogP) is 7.54. The van der Waals surface area contributed by atoms with E-state index in [-0.39, 0.29) is 24.0 Å². The number of benzene rings is 1. The van der Waals surface area contributed by atoms with Crippen molar-refractivity contribution in [3.63, 3.8) is 0 Å². The number of nitrogens with zero attached hydrogens (tertiary/aromatic N) is 1. The molecule has 0 saturated carbocycles. The first-order valence-electron chi connectivity index (χ1n) is 14.2. The Morgan fingerprint density at radius 3 is 2.16 bits per heavy atom. The number of ether oxygens (including phenoxy) is 2. The van der Waals surface area contributed by atoms with Crippen molar-refractivity contribution in [3.8, 4) is 5.88 Å². The standard InChI is InChI=1S/C32H40F6N2O4/c1-18(26(41)20-11-22(31(33,34)35)13-23(12-20)32(36,37)38)39-17-21-15-29(2,3)9-8-24(21)25-10-19(16-40-27(25)43-6)14-30(4,5)28(42)44-7/h10-13,16,18,26,39,41H,8-9,14-15,17H2,1-7H3. The zero-order valence-corrected chi connectivity index (χ0v) is 26.0. The van der Waals surface area contributed by atoms with Crippen LogP contribution in [-0.2, 0) is 28.3 Å². The van der Waals surface area contributed by atoms with Gasteiger partial charge in [-0.15, -0.1) is 0 Å². The van der Waals surface area contributed by atoms with E-state index in [2.05, 4.69) is 24.1 Å². The molecule has 1 heterocycles. The van der Waals surface area contributed by atoms with Crippen LogP contribution in [-0.4, -0.2) is 42.9 Å². The van der Waals surface area contributed by atoms with Crippen LogP contribution in [0.4, 0.5) is 26.3 Å². The minimum atomic E-state index is -5.02. The Bertz CT molecular complexity index is 1350. The van der Waals surface area contributed by atoms with Crippen molar-refractivity contribution >= 4 is 11.5 Å².